The van der Waals surface area contributed by atoms with Crippen molar-refractivity contribution in [2.75, 3.05) is 0 Å². The summed E-state index contributed by atoms with van der Waals surface area (Å²) in [4.78, 5) is 10.9. The van der Waals surface area contributed by atoms with Crippen molar-refractivity contribution >= 4 is 20.6 Å². The van der Waals surface area contributed by atoms with Gasteiger partial charge in [-0.25, -0.2) is 13.5 Å². The molecule has 0 saturated carbocycles. The summed E-state index contributed by atoms with van der Waals surface area (Å²) < 4.78 is 24.5. The zero-order valence-electron chi connectivity index (χ0n) is 11.0. The van der Waals surface area contributed by atoms with Crippen LogP contribution in [0.2, 0.25) is 0 Å². The van der Waals surface area contributed by atoms with Crippen LogP contribution in [-0.4, -0.2) is 18.6 Å². The van der Waals surface area contributed by atoms with Gasteiger partial charge in [0.2, 0.25) is 9.84 Å². The van der Waals surface area contributed by atoms with Gasteiger partial charge in [0.15, 0.2) is 5.03 Å². The van der Waals surface area contributed by atoms with Crippen LogP contribution in [0.25, 0.3) is 10.8 Å². The summed E-state index contributed by atoms with van der Waals surface area (Å²) in [6.45, 7) is 0. The predicted molar refractivity (Wildman–Crippen MR) is 79.7 cm³/mol. The summed E-state index contributed by atoms with van der Waals surface area (Å²) in [5.41, 5.74) is 0.251. The Morgan fingerprint density at radius 3 is 2.43 bits per heavy atom. The number of rotatable bonds is 3. The molecule has 3 aromatic rings. The number of sulfone groups is 1. The third-order valence-electron chi connectivity index (χ3n) is 3.14. The lowest BCUT2D eigenvalue weighted by atomic mass is 10.1. The van der Waals surface area contributed by atoms with Crippen molar-refractivity contribution in [3.63, 3.8) is 0 Å². The number of aromatic amines is 1. The molecule has 0 bridgehead atoms. The molecule has 0 spiro atoms. The Morgan fingerprint density at radius 2 is 1.71 bits per heavy atom. The van der Waals surface area contributed by atoms with Gasteiger partial charge in [-0.1, -0.05) is 42.5 Å². The van der Waals surface area contributed by atoms with E-state index in [1.54, 1.807) is 6.07 Å². The second-order valence-corrected chi connectivity index (χ2v) is 6.64. The van der Waals surface area contributed by atoms with Crippen molar-refractivity contribution in [2.24, 2.45) is 0 Å². The molecule has 3 rings (SSSR count). The molecule has 5 nitrogen and oxygen atoms in total. The lowest BCUT2D eigenvalue weighted by Gasteiger charge is -2.05. The molecule has 0 aliphatic rings. The normalized spacial score (nSPS) is 11.6. The molecule has 0 fully saturated rings. The average Bonchev–Trinajstić information content (AvgIpc) is 2.47. The zero-order chi connectivity index (χ0) is 14.9. The molecule has 106 valence electrons. The fourth-order valence-electron chi connectivity index (χ4n) is 2.13. The van der Waals surface area contributed by atoms with Crippen molar-refractivity contribution < 1.29 is 8.42 Å². The second kappa shape index (κ2) is 5.14. The number of aromatic nitrogens is 2. The van der Waals surface area contributed by atoms with Crippen LogP contribution in [0.15, 0.2) is 64.4 Å². The van der Waals surface area contributed by atoms with Crippen LogP contribution in [0.4, 0.5) is 0 Å². The van der Waals surface area contributed by atoms with Crippen LogP contribution in [-0.2, 0) is 15.6 Å². The van der Waals surface area contributed by atoms with Gasteiger partial charge in [-0.2, -0.15) is 5.10 Å². The van der Waals surface area contributed by atoms with E-state index in [0.717, 1.165) is 16.8 Å². The van der Waals surface area contributed by atoms with Crippen LogP contribution >= 0.6 is 0 Å². The quantitative estimate of drug-likeness (QED) is 0.801. The predicted octanol–water partition coefficient (Wildman–Crippen LogP) is 1.90. The van der Waals surface area contributed by atoms with Gasteiger partial charge >= 0.3 is 0 Å². The Hall–Kier alpha value is -2.47. The monoisotopic (exact) mass is 300 g/mol. The summed E-state index contributed by atoms with van der Waals surface area (Å²) in [7, 11) is -3.58. The molecule has 1 N–H and O–H groups in total. The molecule has 1 aromatic heterocycles. The molecule has 0 amide bonds. The molecule has 21 heavy (non-hydrogen) atoms. The number of fused-ring (bicyclic) bond motifs is 1. The van der Waals surface area contributed by atoms with Crippen molar-refractivity contribution in [3.8, 4) is 0 Å². The van der Waals surface area contributed by atoms with Gasteiger partial charge in [0.25, 0.3) is 5.56 Å². The lowest BCUT2D eigenvalue weighted by Crippen LogP contribution is -2.13. The van der Waals surface area contributed by atoms with E-state index in [4.69, 9.17) is 0 Å². The van der Waals surface area contributed by atoms with E-state index in [0.29, 0.717) is 5.56 Å². The fraction of sp³-hybridized carbons (Fsp3) is 0.0667. The molecule has 0 atom stereocenters. The van der Waals surface area contributed by atoms with Crippen LogP contribution in [0.1, 0.15) is 5.56 Å². The van der Waals surface area contributed by atoms with E-state index in [9.17, 15) is 13.2 Å². The molecule has 2 aromatic carbocycles. The Kier molecular flexibility index (Phi) is 3.31. The summed E-state index contributed by atoms with van der Waals surface area (Å²) in [6.07, 6.45) is 0. The van der Waals surface area contributed by atoms with Gasteiger partial charge in [0, 0.05) is 6.07 Å². The first-order chi connectivity index (χ1) is 10.0. The standard InChI is InChI=1S/C15H12N2O3S/c18-14-7-8-15(17-16-14)21(19,20)10-11-5-6-12-3-1-2-4-13(12)9-11/h1-9H,10H2,(H,16,18). The van der Waals surface area contributed by atoms with Gasteiger partial charge in [-0.05, 0) is 22.4 Å². The van der Waals surface area contributed by atoms with Crippen molar-refractivity contribution in [3.05, 3.63) is 70.5 Å². The number of nitrogens with one attached hydrogen (secondary N) is 1. The highest BCUT2D eigenvalue weighted by Gasteiger charge is 2.17. The van der Waals surface area contributed by atoms with E-state index >= 15 is 0 Å². The number of benzene rings is 2. The molecule has 0 saturated heterocycles. The van der Waals surface area contributed by atoms with Gasteiger partial charge in [0.1, 0.15) is 0 Å². The second-order valence-electron chi connectivity index (χ2n) is 4.70. The van der Waals surface area contributed by atoms with E-state index in [2.05, 4.69) is 10.2 Å². The minimum absolute atomic E-state index is 0.129. The van der Waals surface area contributed by atoms with Crippen molar-refractivity contribution in [2.45, 2.75) is 10.8 Å². The van der Waals surface area contributed by atoms with Crippen LogP contribution in [0.3, 0.4) is 0 Å². The van der Waals surface area contributed by atoms with Gasteiger partial charge in [0.05, 0.1) is 5.75 Å². The maximum Gasteiger partial charge on any atom is 0.264 e. The number of H-pyrrole nitrogens is 1. The fourth-order valence-corrected chi connectivity index (χ4v) is 3.35. The summed E-state index contributed by atoms with van der Waals surface area (Å²) in [5, 5.41) is 7.63. The Balaban J connectivity index is 1.97. The largest absolute Gasteiger partial charge is 0.268 e. The molecular formula is C15H12N2O3S. The summed E-state index contributed by atoms with van der Waals surface area (Å²) >= 11 is 0. The minimum Gasteiger partial charge on any atom is -0.268 e. The van der Waals surface area contributed by atoms with Gasteiger partial charge in [-0.3, -0.25) is 4.79 Å². The number of hydrogen-bond acceptors (Lipinski definition) is 4. The molecule has 0 radical (unpaired) electrons. The maximum atomic E-state index is 12.3. The highest BCUT2D eigenvalue weighted by atomic mass is 32.2. The average molecular weight is 300 g/mol. The van der Waals surface area contributed by atoms with Crippen molar-refractivity contribution in [1.29, 1.82) is 0 Å². The van der Waals surface area contributed by atoms with E-state index in [1.165, 1.54) is 6.07 Å². The molecular weight excluding hydrogens is 288 g/mol. The molecule has 0 aliphatic carbocycles. The summed E-state index contributed by atoms with van der Waals surface area (Å²) in [5.74, 6) is -0.156. The highest BCUT2D eigenvalue weighted by molar-refractivity contribution is 7.90. The SMILES string of the molecule is O=c1ccc(S(=O)(=O)Cc2ccc3ccccc3c2)n[nH]1. The number of hydrogen-bond donors (Lipinski definition) is 1. The highest BCUT2D eigenvalue weighted by Crippen LogP contribution is 2.19. The minimum atomic E-state index is -3.58. The first-order valence-electron chi connectivity index (χ1n) is 6.31. The third kappa shape index (κ3) is 2.85. The van der Waals surface area contributed by atoms with Crippen LogP contribution in [0.5, 0.6) is 0 Å². The van der Waals surface area contributed by atoms with Gasteiger partial charge in [-0.15, -0.1) is 0 Å². The Labute approximate surface area is 121 Å². The van der Waals surface area contributed by atoms with Gasteiger partial charge < -0.3 is 0 Å². The Bertz CT molecular complexity index is 941. The smallest absolute Gasteiger partial charge is 0.264 e. The Morgan fingerprint density at radius 1 is 0.952 bits per heavy atom. The molecule has 0 unspecified atom stereocenters. The first-order valence-corrected chi connectivity index (χ1v) is 7.96. The van der Waals surface area contributed by atoms with E-state index in [-0.39, 0.29) is 10.8 Å². The van der Waals surface area contributed by atoms with E-state index < -0.39 is 15.4 Å². The molecule has 6 heteroatoms. The first kappa shape index (κ1) is 13.5. The van der Waals surface area contributed by atoms with E-state index in [1.807, 2.05) is 36.4 Å². The van der Waals surface area contributed by atoms with Crippen LogP contribution < -0.4 is 5.56 Å². The summed E-state index contributed by atoms with van der Waals surface area (Å²) in [6, 6.07) is 15.6. The lowest BCUT2D eigenvalue weighted by molar-refractivity contribution is 0.589. The number of nitrogens with zero attached hydrogens (tertiary/aromatic N) is 1. The molecule has 0 aliphatic heterocycles. The zero-order valence-corrected chi connectivity index (χ0v) is 11.8. The van der Waals surface area contributed by atoms with Crippen molar-refractivity contribution in [1.82, 2.24) is 10.2 Å². The third-order valence-corrected chi connectivity index (χ3v) is 4.72. The molecule has 1 heterocycles. The maximum absolute atomic E-state index is 12.3. The van der Waals surface area contributed by atoms with Crippen LogP contribution in [0, 0.1) is 0 Å². The topological polar surface area (TPSA) is 79.9 Å².